The molecule has 4 aromatic rings. The molecular formula is C29H25Cl3F4N4O. The number of carbonyl (C=O) groups excluding carboxylic acids is 1. The van der Waals surface area contributed by atoms with Gasteiger partial charge in [-0.15, -0.1) is 0 Å². The Morgan fingerprint density at radius 1 is 1.10 bits per heavy atom. The molecule has 5 rings (SSSR count). The van der Waals surface area contributed by atoms with Crippen LogP contribution in [0.25, 0.3) is 11.0 Å². The van der Waals surface area contributed by atoms with E-state index in [4.69, 9.17) is 39.8 Å². The highest BCUT2D eigenvalue weighted by Gasteiger charge is 2.42. The topological polar surface area (TPSA) is 50.2 Å². The number of nitrogens with zero attached hydrogens (tertiary/aromatic N) is 3. The Labute approximate surface area is 249 Å². The molecule has 41 heavy (non-hydrogen) atoms. The fourth-order valence-corrected chi connectivity index (χ4v) is 5.97. The highest BCUT2D eigenvalue weighted by Crippen LogP contribution is 2.39. The summed E-state index contributed by atoms with van der Waals surface area (Å²) in [6, 6.07) is 12.2. The van der Waals surface area contributed by atoms with Gasteiger partial charge in [0.25, 0.3) is 5.91 Å². The van der Waals surface area contributed by atoms with Crippen molar-refractivity contribution in [3.8, 4) is 0 Å². The molecule has 1 unspecified atom stereocenters. The third kappa shape index (κ3) is 6.27. The van der Waals surface area contributed by atoms with Crippen LogP contribution in [0.3, 0.4) is 0 Å². The quantitative estimate of drug-likeness (QED) is 0.221. The number of nitrogens with one attached hydrogen (secondary N) is 1. The summed E-state index contributed by atoms with van der Waals surface area (Å²) >= 11 is 19.8. The summed E-state index contributed by atoms with van der Waals surface area (Å²) in [6.07, 6.45) is -3.48. The Kier molecular flexibility index (Phi) is 8.41. The normalized spacial score (nSPS) is 15.9. The molecule has 0 spiro atoms. The lowest BCUT2D eigenvalue weighted by molar-refractivity contribution is -0.175. The molecular weight excluding hydrogens is 603 g/mol. The van der Waals surface area contributed by atoms with Crippen molar-refractivity contribution in [2.24, 2.45) is 13.0 Å². The first kappa shape index (κ1) is 29.5. The van der Waals surface area contributed by atoms with Crippen molar-refractivity contribution in [3.05, 3.63) is 91.9 Å². The molecule has 1 saturated heterocycles. The van der Waals surface area contributed by atoms with Crippen molar-refractivity contribution in [1.29, 1.82) is 0 Å². The number of amides is 1. The molecule has 1 aliphatic heterocycles. The SMILES string of the molecule is Cn1c(Cc2c(Cl)ccc(CNC(=O)c3cccc(F)c3)c2Cl)nc2cc(Cl)c(N3CCCC(C(F)(F)F)C3)cc21. The van der Waals surface area contributed by atoms with Crippen LogP contribution in [0, 0.1) is 11.7 Å². The lowest BCUT2D eigenvalue weighted by atomic mass is 9.97. The summed E-state index contributed by atoms with van der Waals surface area (Å²) in [5, 5.41) is 3.84. The van der Waals surface area contributed by atoms with Crippen LogP contribution >= 0.6 is 34.8 Å². The number of alkyl halides is 3. The predicted molar refractivity (Wildman–Crippen MR) is 154 cm³/mol. The van der Waals surface area contributed by atoms with Gasteiger partial charge in [0, 0.05) is 43.7 Å². The number of carbonyl (C=O) groups is 1. The van der Waals surface area contributed by atoms with E-state index in [2.05, 4.69) is 5.32 Å². The Bertz CT molecular complexity index is 1620. The minimum Gasteiger partial charge on any atom is -0.370 e. The summed E-state index contributed by atoms with van der Waals surface area (Å²) in [6.45, 7) is 0.429. The second-order valence-electron chi connectivity index (χ2n) is 10.1. The number of halogens is 7. The van der Waals surface area contributed by atoms with E-state index in [0.717, 1.165) is 6.07 Å². The van der Waals surface area contributed by atoms with E-state index in [9.17, 15) is 22.4 Å². The lowest BCUT2D eigenvalue weighted by Crippen LogP contribution is -2.41. The number of aryl methyl sites for hydroxylation is 1. The fourth-order valence-electron chi connectivity index (χ4n) is 5.13. The molecule has 0 saturated carbocycles. The van der Waals surface area contributed by atoms with Crippen molar-refractivity contribution in [3.63, 3.8) is 0 Å². The average Bonchev–Trinajstić information content (AvgIpc) is 3.23. The molecule has 216 valence electrons. The van der Waals surface area contributed by atoms with E-state index < -0.39 is 23.8 Å². The van der Waals surface area contributed by atoms with Gasteiger partial charge in [0.15, 0.2) is 0 Å². The van der Waals surface area contributed by atoms with Gasteiger partial charge >= 0.3 is 6.18 Å². The number of imidazole rings is 1. The Hall–Kier alpha value is -3.01. The van der Waals surface area contributed by atoms with E-state index in [1.807, 2.05) is 11.6 Å². The molecule has 1 aliphatic rings. The van der Waals surface area contributed by atoms with Gasteiger partial charge in [-0.1, -0.05) is 46.9 Å². The monoisotopic (exact) mass is 626 g/mol. The first-order chi connectivity index (χ1) is 19.4. The molecule has 0 aliphatic carbocycles. The summed E-state index contributed by atoms with van der Waals surface area (Å²) < 4.78 is 55.5. The number of benzene rings is 3. The fraction of sp³-hybridized carbons (Fsp3) is 0.310. The summed E-state index contributed by atoms with van der Waals surface area (Å²) in [5.74, 6) is -1.75. The van der Waals surface area contributed by atoms with Gasteiger partial charge in [-0.3, -0.25) is 4.79 Å². The molecule has 2 heterocycles. The summed E-state index contributed by atoms with van der Waals surface area (Å²) in [5.41, 5.74) is 3.23. The molecule has 1 N–H and O–H groups in total. The van der Waals surface area contributed by atoms with Gasteiger partial charge in [0.05, 0.1) is 32.7 Å². The van der Waals surface area contributed by atoms with Crippen molar-refractivity contribution in [1.82, 2.24) is 14.9 Å². The molecule has 5 nitrogen and oxygen atoms in total. The molecule has 1 fully saturated rings. The molecule has 3 aromatic carbocycles. The maximum atomic E-state index is 13.5. The summed E-state index contributed by atoms with van der Waals surface area (Å²) in [4.78, 5) is 18.9. The van der Waals surface area contributed by atoms with Crippen LogP contribution in [0.5, 0.6) is 0 Å². The molecule has 1 aromatic heterocycles. The standard InChI is InChI=1S/C29H25Cl3F4N4O/c1-39-25-13-24(40-9-3-5-18(15-40)29(34,35)36)22(31)12-23(25)38-26(39)11-20-21(30)8-7-17(27(20)32)14-37-28(41)16-4-2-6-19(33)10-16/h2,4,6-8,10,12-13,18H,3,5,9,11,14-15H2,1H3,(H,37,41). The van der Waals surface area contributed by atoms with Crippen LogP contribution in [0.15, 0.2) is 48.5 Å². The zero-order chi connectivity index (χ0) is 29.5. The lowest BCUT2D eigenvalue weighted by Gasteiger charge is -2.35. The zero-order valence-electron chi connectivity index (χ0n) is 21.8. The number of fused-ring (bicyclic) bond motifs is 1. The number of hydrogen-bond donors (Lipinski definition) is 1. The smallest absolute Gasteiger partial charge is 0.370 e. The maximum absolute atomic E-state index is 13.5. The first-order valence-electron chi connectivity index (χ1n) is 12.9. The van der Waals surface area contributed by atoms with Crippen LogP contribution in [0.4, 0.5) is 23.2 Å². The van der Waals surface area contributed by atoms with Gasteiger partial charge < -0.3 is 14.8 Å². The number of rotatable bonds is 6. The van der Waals surface area contributed by atoms with Gasteiger partial charge in [-0.2, -0.15) is 13.2 Å². The third-order valence-corrected chi connectivity index (χ3v) is 8.52. The van der Waals surface area contributed by atoms with Crippen LogP contribution in [0.2, 0.25) is 15.1 Å². The van der Waals surface area contributed by atoms with Crippen molar-refractivity contribution in [2.75, 3.05) is 18.0 Å². The number of hydrogen-bond acceptors (Lipinski definition) is 3. The highest BCUT2D eigenvalue weighted by atomic mass is 35.5. The van der Waals surface area contributed by atoms with Gasteiger partial charge in [-0.05, 0) is 60.4 Å². The number of piperidine rings is 1. The van der Waals surface area contributed by atoms with E-state index in [-0.39, 0.29) is 31.5 Å². The Morgan fingerprint density at radius 3 is 2.61 bits per heavy atom. The third-order valence-electron chi connectivity index (χ3n) is 7.39. The van der Waals surface area contributed by atoms with Crippen LogP contribution in [0.1, 0.15) is 40.2 Å². The van der Waals surface area contributed by atoms with Gasteiger partial charge in [0.1, 0.15) is 11.6 Å². The van der Waals surface area contributed by atoms with E-state index in [1.54, 1.807) is 29.2 Å². The number of anilines is 1. The minimum absolute atomic E-state index is 0.0919. The Balaban J connectivity index is 1.39. The van der Waals surface area contributed by atoms with Crippen LogP contribution < -0.4 is 10.2 Å². The largest absolute Gasteiger partial charge is 0.393 e. The second kappa shape index (κ2) is 11.7. The average molecular weight is 628 g/mol. The van der Waals surface area contributed by atoms with Crippen molar-refractivity contribution >= 4 is 57.4 Å². The molecule has 0 bridgehead atoms. The van der Waals surface area contributed by atoms with E-state index in [0.29, 0.717) is 61.7 Å². The number of aromatic nitrogens is 2. The molecule has 0 radical (unpaired) electrons. The minimum atomic E-state index is -4.26. The van der Waals surface area contributed by atoms with Gasteiger partial charge in [-0.25, -0.2) is 9.37 Å². The summed E-state index contributed by atoms with van der Waals surface area (Å²) in [7, 11) is 1.81. The molecule has 1 atom stereocenters. The molecule has 12 heteroatoms. The highest BCUT2D eigenvalue weighted by molar-refractivity contribution is 6.36. The van der Waals surface area contributed by atoms with Gasteiger partial charge in [0.2, 0.25) is 0 Å². The van der Waals surface area contributed by atoms with E-state index in [1.165, 1.54) is 18.2 Å². The second-order valence-corrected chi connectivity index (χ2v) is 11.3. The first-order valence-corrected chi connectivity index (χ1v) is 14.0. The maximum Gasteiger partial charge on any atom is 0.393 e. The Morgan fingerprint density at radius 2 is 1.88 bits per heavy atom. The predicted octanol–water partition coefficient (Wildman–Crippen LogP) is 7.97. The van der Waals surface area contributed by atoms with Crippen LogP contribution in [-0.2, 0) is 20.0 Å². The van der Waals surface area contributed by atoms with Crippen molar-refractivity contribution in [2.45, 2.75) is 32.0 Å². The van der Waals surface area contributed by atoms with E-state index >= 15 is 0 Å². The molecule has 1 amide bonds. The zero-order valence-corrected chi connectivity index (χ0v) is 24.1. The van der Waals surface area contributed by atoms with Crippen molar-refractivity contribution < 1.29 is 22.4 Å². The van der Waals surface area contributed by atoms with Crippen LogP contribution in [-0.4, -0.2) is 34.7 Å².